The number of hydrogen-bond donors (Lipinski definition) is 1. The summed E-state index contributed by atoms with van der Waals surface area (Å²) in [6.07, 6.45) is 5.95. The molecule has 1 aliphatic heterocycles. The second-order valence-corrected chi connectivity index (χ2v) is 7.68. The average molecular weight is 399 g/mol. The van der Waals surface area contributed by atoms with Crippen molar-refractivity contribution in [1.29, 1.82) is 0 Å². The Morgan fingerprint density at radius 3 is 2.18 bits per heavy atom. The summed E-state index contributed by atoms with van der Waals surface area (Å²) in [6.45, 7) is 1.61. The Kier molecular flexibility index (Phi) is 7.49. The first kappa shape index (κ1) is 20.4. The Morgan fingerprint density at radius 1 is 0.893 bits per heavy atom. The van der Waals surface area contributed by atoms with E-state index in [0.717, 1.165) is 31.5 Å². The van der Waals surface area contributed by atoms with Crippen LogP contribution in [0.3, 0.4) is 0 Å². The van der Waals surface area contributed by atoms with Crippen LogP contribution in [0.5, 0.6) is 0 Å². The molecule has 5 heteroatoms. The Bertz CT molecular complexity index is 786. The first-order valence-corrected chi connectivity index (χ1v) is 10.4. The van der Waals surface area contributed by atoms with Gasteiger partial charge in [0.2, 0.25) is 5.91 Å². The lowest BCUT2D eigenvalue weighted by atomic mass is 10.0. The molecular weight excluding hydrogens is 372 g/mol. The zero-order valence-electron chi connectivity index (χ0n) is 16.1. The number of rotatable bonds is 5. The fourth-order valence-electron chi connectivity index (χ4n) is 3.62. The van der Waals surface area contributed by atoms with Crippen LogP contribution in [0.2, 0.25) is 5.02 Å². The highest BCUT2D eigenvalue weighted by Crippen LogP contribution is 2.22. The monoisotopic (exact) mass is 398 g/mol. The molecule has 28 heavy (non-hydrogen) atoms. The van der Waals surface area contributed by atoms with E-state index in [0.29, 0.717) is 10.6 Å². The molecular formula is C23H27ClN2O2. The third-order valence-electron chi connectivity index (χ3n) is 5.21. The molecule has 0 aliphatic carbocycles. The molecule has 0 spiro atoms. The predicted molar refractivity (Wildman–Crippen MR) is 112 cm³/mol. The van der Waals surface area contributed by atoms with Gasteiger partial charge in [0.05, 0.1) is 23.0 Å². The van der Waals surface area contributed by atoms with Crippen LogP contribution in [-0.4, -0.2) is 29.8 Å². The van der Waals surface area contributed by atoms with Gasteiger partial charge in [-0.1, -0.05) is 73.3 Å². The van der Waals surface area contributed by atoms with E-state index in [1.807, 2.05) is 35.2 Å². The van der Waals surface area contributed by atoms with Gasteiger partial charge in [-0.15, -0.1) is 0 Å². The summed E-state index contributed by atoms with van der Waals surface area (Å²) >= 11 is 6.17. The Hall–Kier alpha value is -2.33. The van der Waals surface area contributed by atoms with E-state index in [1.54, 1.807) is 24.3 Å². The van der Waals surface area contributed by atoms with Crippen LogP contribution in [0.25, 0.3) is 0 Å². The van der Waals surface area contributed by atoms with Gasteiger partial charge in [0.1, 0.15) is 0 Å². The van der Waals surface area contributed by atoms with Gasteiger partial charge < -0.3 is 10.2 Å². The van der Waals surface area contributed by atoms with Gasteiger partial charge in [-0.2, -0.15) is 0 Å². The third kappa shape index (κ3) is 5.59. The minimum atomic E-state index is -0.386. The van der Waals surface area contributed by atoms with Gasteiger partial charge in [-0.25, -0.2) is 0 Å². The summed E-state index contributed by atoms with van der Waals surface area (Å²) in [4.78, 5) is 27.7. The molecule has 0 bridgehead atoms. The summed E-state index contributed by atoms with van der Waals surface area (Å²) in [7, 11) is 0. The Morgan fingerprint density at radius 2 is 1.50 bits per heavy atom. The first-order valence-electron chi connectivity index (χ1n) is 10.0. The summed E-state index contributed by atoms with van der Waals surface area (Å²) in [5, 5.41) is 3.42. The second kappa shape index (κ2) is 10.3. The molecule has 1 atom stereocenters. The second-order valence-electron chi connectivity index (χ2n) is 7.27. The van der Waals surface area contributed by atoms with Crippen molar-refractivity contribution in [1.82, 2.24) is 10.2 Å². The van der Waals surface area contributed by atoms with Crippen LogP contribution in [0.1, 0.15) is 60.5 Å². The number of carbonyl (C=O) groups is 2. The van der Waals surface area contributed by atoms with Crippen molar-refractivity contribution in [3.63, 3.8) is 0 Å². The van der Waals surface area contributed by atoms with Crippen LogP contribution < -0.4 is 5.32 Å². The quantitative estimate of drug-likeness (QED) is 0.770. The molecule has 0 radical (unpaired) electrons. The predicted octanol–water partition coefficient (Wildman–Crippen LogP) is 4.99. The zero-order valence-corrected chi connectivity index (χ0v) is 16.8. The zero-order chi connectivity index (χ0) is 19.8. The number of nitrogens with one attached hydrogen (secondary N) is 1. The van der Waals surface area contributed by atoms with Crippen molar-refractivity contribution in [2.75, 3.05) is 13.1 Å². The van der Waals surface area contributed by atoms with E-state index < -0.39 is 0 Å². The van der Waals surface area contributed by atoms with Gasteiger partial charge in [0, 0.05) is 13.1 Å². The van der Waals surface area contributed by atoms with E-state index in [-0.39, 0.29) is 24.3 Å². The van der Waals surface area contributed by atoms with Crippen LogP contribution in [-0.2, 0) is 4.79 Å². The van der Waals surface area contributed by atoms with Crippen LogP contribution in [0.4, 0.5) is 0 Å². The molecule has 0 saturated carbocycles. The van der Waals surface area contributed by atoms with E-state index in [1.165, 1.54) is 19.3 Å². The largest absolute Gasteiger partial charge is 0.345 e. The average Bonchev–Trinajstić information content (AvgIpc) is 2.68. The number of halogens is 1. The SMILES string of the molecule is O=C(NC(CC(=O)N1CCCCCCC1)c1ccccc1)c1ccccc1Cl. The molecule has 1 heterocycles. The van der Waals surface area contributed by atoms with E-state index >= 15 is 0 Å². The van der Waals surface area contributed by atoms with Crippen molar-refractivity contribution < 1.29 is 9.59 Å². The fraction of sp³-hybridized carbons (Fsp3) is 0.391. The van der Waals surface area contributed by atoms with Crippen LogP contribution in [0, 0.1) is 0 Å². The maximum absolute atomic E-state index is 13.0. The molecule has 148 valence electrons. The lowest BCUT2D eigenvalue weighted by Gasteiger charge is -2.27. The van der Waals surface area contributed by atoms with Crippen molar-refractivity contribution >= 4 is 23.4 Å². The lowest BCUT2D eigenvalue weighted by Crippen LogP contribution is -2.38. The number of benzene rings is 2. The summed E-state index contributed by atoms with van der Waals surface area (Å²) in [5.41, 5.74) is 1.34. The topological polar surface area (TPSA) is 49.4 Å². The number of carbonyl (C=O) groups excluding carboxylic acids is 2. The van der Waals surface area contributed by atoms with Gasteiger partial charge in [-0.3, -0.25) is 9.59 Å². The lowest BCUT2D eigenvalue weighted by molar-refractivity contribution is -0.132. The smallest absolute Gasteiger partial charge is 0.253 e. The number of hydrogen-bond acceptors (Lipinski definition) is 2. The third-order valence-corrected chi connectivity index (χ3v) is 5.54. The van der Waals surface area contributed by atoms with Crippen molar-refractivity contribution in [2.24, 2.45) is 0 Å². The number of likely N-dealkylation sites (tertiary alicyclic amines) is 1. The Balaban J connectivity index is 1.75. The summed E-state index contributed by atoms with van der Waals surface area (Å²) in [5.74, 6) is -0.171. The van der Waals surface area contributed by atoms with E-state index in [9.17, 15) is 9.59 Å². The molecule has 2 amide bonds. The molecule has 4 nitrogen and oxygen atoms in total. The van der Waals surface area contributed by atoms with Gasteiger partial charge in [0.15, 0.2) is 0 Å². The first-order chi connectivity index (χ1) is 13.6. The highest BCUT2D eigenvalue weighted by atomic mass is 35.5. The molecule has 3 rings (SSSR count). The van der Waals surface area contributed by atoms with Crippen LogP contribution in [0.15, 0.2) is 54.6 Å². The maximum atomic E-state index is 13.0. The van der Waals surface area contributed by atoms with Crippen molar-refractivity contribution in [3.05, 3.63) is 70.7 Å². The fourth-order valence-corrected chi connectivity index (χ4v) is 3.84. The molecule has 1 N–H and O–H groups in total. The maximum Gasteiger partial charge on any atom is 0.253 e. The van der Waals surface area contributed by atoms with Crippen molar-refractivity contribution in [2.45, 2.75) is 44.6 Å². The van der Waals surface area contributed by atoms with Crippen molar-refractivity contribution in [3.8, 4) is 0 Å². The highest BCUT2D eigenvalue weighted by Gasteiger charge is 2.23. The van der Waals surface area contributed by atoms with Gasteiger partial charge in [0.25, 0.3) is 5.91 Å². The Labute approximate surface area is 171 Å². The molecule has 2 aromatic carbocycles. The molecule has 1 fully saturated rings. The molecule has 0 aromatic heterocycles. The van der Waals surface area contributed by atoms with Gasteiger partial charge >= 0.3 is 0 Å². The highest BCUT2D eigenvalue weighted by molar-refractivity contribution is 6.33. The minimum Gasteiger partial charge on any atom is -0.345 e. The molecule has 1 saturated heterocycles. The number of amides is 2. The van der Waals surface area contributed by atoms with Crippen LogP contribution >= 0.6 is 11.6 Å². The minimum absolute atomic E-state index is 0.0928. The van der Waals surface area contributed by atoms with E-state index in [2.05, 4.69) is 5.32 Å². The molecule has 1 aliphatic rings. The number of nitrogens with zero attached hydrogens (tertiary/aromatic N) is 1. The van der Waals surface area contributed by atoms with Gasteiger partial charge in [-0.05, 0) is 30.5 Å². The summed E-state index contributed by atoms with van der Waals surface area (Å²) in [6, 6.07) is 16.2. The molecule has 1 unspecified atom stereocenters. The van der Waals surface area contributed by atoms with E-state index in [4.69, 9.17) is 11.6 Å². The normalized spacial score (nSPS) is 16.0. The molecule has 2 aromatic rings. The summed E-state index contributed by atoms with van der Waals surface area (Å²) < 4.78 is 0. The standard InChI is InChI=1S/C23H27ClN2O2/c24-20-14-8-7-13-19(20)23(28)25-21(18-11-5-4-6-12-18)17-22(27)26-15-9-2-1-3-10-16-26/h4-8,11-14,21H,1-3,9-10,15-17H2,(H,25,28).